The monoisotopic (exact) mass is 805 g/mol. The molecule has 0 saturated carbocycles. The molecule has 1 heterocycles. The summed E-state index contributed by atoms with van der Waals surface area (Å²) in [5.74, 6) is 0. The highest BCUT2D eigenvalue weighted by Crippen LogP contribution is 2.47. The average Bonchev–Trinajstić information content (AvgIpc) is 3.72. The number of fused-ring (bicyclic) bond motifs is 7. The van der Waals surface area contributed by atoms with Gasteiger partial charge in [-0.05, 0) is 131 Å². The first kappa shape index (κ1) is 36.1. The molecule has 0 spiro atoms. The predicted octanol–water partition coefficient (Wildman–Crippen LogP) is 17.7. The Bertz CT molecular complexity index is 3620. The van der Waals surface area contributed by atoms with Gasteiger partial charge in [-0.15, -0.1) is 11.3 Å². The first-order chi connectivity index (χ1) is 30.7. The van der Waals surface area contributed by atoms with E-state index in [1.165, 1.54) is 91.4 Å². The van der Waals surface area contributed by atoms with Crippen molar-refractivity contribution in [3.05, 3.63) is 237 Å². The third-order valence-electron chi connectivity index (χ3n) is 12.4. The molecule has 1 nitrogen and oxygen atoms in total. The number of nitrogens with zero attached hydrogens (tertiary/aromatic N) is 1. The zero-order valence-corrected chi connectivity index (χ0v) is 34.7. The van der Waals surface area contributed by atoms with Gasteiger partial charge >= 0.3 is 0 Å². The van der Waals surface area contributed by atoms with Crippen LogP contribution in [0.4, 0.5) is 17.1 Å². The van der Waals surface area contributed by atoms with Gasteiger partial charge in [0.15, 0.2) is 0 Å². The molecule has 1 aromatic heterocycles. The first-order valence-electron chi connectivity index (χ1n) is 21.2. The van der Waals surface area contributed by atoms with E-state index in [1.807, 2.05) is 11.3 Å². The van der Waals surface area contributed by atoms with Crippen molar-refractivity contribution in [2.75, 3.05) is 4.90 Å². The molecule has 0 saturated heterocycles. The van der Waals surface area contributed by atoms with E-state index < -0.39 is 0 Å². The minimum atomic E-state index is 1.10. The number of hydrogen-bond donors (Lipinski definition) is 0. The molecular weight excluding hydrogens is 767 g/mol. The van der Waals surface area contributed by atoms with E-state index in [2.05, 4.69) is 241 Å². The van der Waals surface area contributed by atoms with E-state index in [4.69, 9.17) is 0 Å². The Balaban J connectivity index is 1.04. The van der Waals surface area contributed by atoms with Gasteiger partial charge in [-0.3, -0.25) is 0 Å². The quantitative estimate of drug-likeness (QED) is 0.145. The average molecular weight is 806 g/mol. The van der Waals surface area contributed by atoms with Crippen LogP contribution in [-0.2, 0) is 0 Å². The molecule has 290 valence electrons. The highest BCUT2D eigenvalue weighted by molar-refractivity contribution is 7.25. The summed E-state index contributed by atoms with van der Waals surface area (Å²) in [4.78, 5) is 2.42. The molecule has 0 aliphatic carbocycles. The van der Waals surface area contributed by atoms with E-state index in [-0.39, 0.29) is 0 Å². The minimum absolute atomic E-state index is 1.10. The Morgan fingerprint density at radius 3 is 1.58 bits per heavy atom. The van der Waals surface area contributed by atoms with Gasteiger partial charge in [0.25, 0.3) is 0 Å². The van der Waals surface area contributed by atoms with Crippen LogP contribution in [0.5, 0.6) is 0 Å². The minimum Gasteiger partial charge on any atom is -0.310 e. The third kappa shape index (κ3) is 6.15. The largest absolute Gasteiger partial charge is 0.310 e. The summed E-state index contributed by atoms with van der Waals surface area (Å²) in [6.45, 7) is 0. The van der Waals surface area contributed by atoms with Crippen molar-refractivity contribution in [2.24, 2.45) is 0 Å². The summed E-state index contributed by atoms with van der Waals surface area (Å²) in [5.41, 5.74) is 13.1. The van der Waals surface area contributed by atoms with Gasteiger partial charge in [0.2, 0.25) is 0 Å². The van der Waals surface area contributed by atoms with Crippen LogP contribution in [0, 0.1) is 0 Å². The highest BCUT2D eigenvalue weighted by atomic mass is 32.1. The number of benzene rings is 11. The Morgan fingerprint density at radius 2 is 0.790 bits per heavy atom. The van der Waals surface area contributed by atoms with Gasteiger partial charge in [0.05, 0.1) is 0 Å². The van der Waals surface area contributed by atoms with Crippen LogP contribution in [0.3, 0.4) is 0 Å². The molecule has 0 N–H and O–H groups in total. The van der Waals surface area contributed by atoms with Gasteiger partial charge < -0.3 is 4.90 Å². The summed E-state index contributed by atoms with van der Waals surface area (Å²) in [6, 6.07) is 86.8. The van der Waals surface area contributed by atoms with Gasteiger partial charge in [0.1, 0.15) is 0 Å². The SMILES string of the molecule is c1ccc(-c2c(-c3ccccc3)c3cc(-c4cccc(N(c5ccc(-c6cccc7ccccc67)cc5)c5ccc6sc7ccccc7c6c5)c4)ccc3c3ccccc23)cc1. The first-order valence-corrected chi connectivity index (χ1v) is 22.1. The summed E-state index contributed by atoms with van der Waals surface area (Å²) in [6.07, 6.45) is 0. The maximum atomic E-state index is 2.42. The number of thiophene rings is 1. The summed E-state index contributed by atoms with van der Waals surface area (Å²) in [5, 5.41) is 10.1. The normalized spacial score (nSPS) is 11.5. The molecule has 0 fully saturated rings. The van der Waals surface area contributed by atoms with E-state index in [1.54, 1.807) is 0 Å². The summed E-state index contributed by atoms with van der Waals surface area (Å²) in [7, 11) is 0. The molecule has 0 unspecified atom stereocenters. The van der Waals surface area contributed by atoms with Crippen molar-refractivity contribution in [1.82, 2.24) is 0 Å². The standard InChI is InChI=1S/C60H39NS/c1-3-16-42(17-4-1)59-54-26-10-9-24-51(54)52-35-31-45(38-56(52)60(59)43-18-5-2-6-19-43)44-21-13-22-47(37-44)61(48-34-36-58-55(39-48)53-25-11-12-28-57(53)62-58)46-32-29-41(30-33-46)50-27-14-20-40-15-7-8-23-49(40)50/h1-39H. The highest BCUT2D eigenvalue weighted by Gasteiger charge is 2.20. The van der Waals surface area contributed by atoms with E-state index in [9.17, 15) is 0 Å². The fraction of sp³-hybridized carbons (Fsp3) is 0. The molecule has 0 amide bonds. The fourth-order valence-corrected chi connectivity index (χ4v) is 10.7. The molecule has 0 radical (unpaired) electrons. The topological polar surface area (TPSA) is 3.24 Å². The second-order valence-electron chi connectivity index (χ2n) is 16.0. The van der Waals surface area contributed by atoms with Crippen LogP contribution in [-0.4, -0.2) is 0 Å². The van der Waals surface area contributed by atoms with Crippen LogP contribution in [0.15, 0.2) is 237 Å². The van der Waals surface area contributed by atoms with E-state index >= 15 is 0 Å². The van der Waals surface area contributed by atoms with E-state index in [0.717, 1.165) is 22.6 Å². The third-order valence-corrected chi connectivity index (χ3v) is 13.6. The molecule has 2 heteroatoms. The van der Waals surface area contributed by atoms with Crippen LogP contribution in [0.1, 0.15) is 0 Å². The molecular formula is C60H39NS. The van der Waals surface area contributed by atoms with Crippen LogP contribution >= 0.6 is 11.3 Å². The Labute approximate surface area is 365 Å². The number of rotatable bonds is 7. The van der Waals surface area contributed by atoms with Crippen LogP contribution in [0.2, 0.25) is 0 Å². The lowest BCUT2D eigenvalue weighted by molar-refractivity contribution is 1.29. The molecule has 0 bridgehead atoms. The molecule has 12 aromatic rings. The molecule has 11 aromatic carbocycles. The van der Waals surface area contributed by atoms with Gasteiger partial charge in [-0.25, -0.2) is 0 Å². The second-order valence-corrected chi connectivity index (χ2v) is 17.1. The lowest BCUT2D eigenvalue weighted by Gasteiger charge is -2.26. The smallest absolute Gasteiger partial charge is 0.0468 e. The van der Waals surface area contributed by atoms with Gasteiger partial charge in [0, 0.05) is 37.2 Å². The molecule has 0 aliphatic rings. The van der Waals surface area contributed by atoms with Crippen molar-refractivity contribution in [3.63, 3.8) is 0 Å². The molecule has 62 heavy (non-hydrogen) atoms. The molecule has 0 aliphatic heterocycles. The van der Waals surface area contributed by atoms with Crippen LogP contribution < -0.4 is 4.90 Å². The zero-order valence-electron chi connectivity index (χ0n) is 33.9. The predicted molar refractivity (Wildman–Crippen MR) is 268 cm³/mol. The molecule has 0 atom stereocenters. The Morgan fingerprint density at radius 1 is 0.258 bits per heavy atom. The zero-order chi connectivity index (χ0) is 41.0. The van der Waals surface area contributed by atoms with Crippen molar-refractivity contribution in [2.45, 2.75) is 0 Å². The maximum Gasteiger partial charge on any atom is 0.0468 e. The van der Waals surface area contributed by atoms with Crippen LogP contribution in [0.25, 0.3) is 97.0 Å². The maximum absolute atomic E-state index is 2.42. The van der Waals surface area contributed by atoms with Crippen molar-refractivity contribution in [1.29, 1.82) is 0 Å². The lowest BCUT2D eigenvalue weighted by atomic mass is 9.84. The number of hydrogen-bond acceptors (Lipinski definition) is 2. The number of anilines is 3. The Hall–Kier alpha value is -7.78. The second kappa shape index (κ2) is 15.0. The Kier molecular flexibility index (Phi) is 8.76. The summed E-state index contributed by atoms with van der Waals surface area (Å²) < 4.78 is 2.60. The lowest BCUT2D eigenvalue weighted by Crippen LogP contribution is -2.10. The fourth-order valence-electron chi connectivity index (χ4n) is 9.57. The molecule has 12 rings (SSSR count). The van der Waals surface area contributed by atoms with Gasteiger partial charge in [-0.1, -0.05) is 182 Å². The summed E-state index contributed by atoms with van der Waals surface area (Å²) >= 11 is 1.86. The van der Waals surface area contributed by atoms with Gasteiger partial charge in [-0.2, -0.15) is 0 Å². The van der Waals surface area contributed by atoms with Crippen molar-refractivity contribution >= 4 is 80.9 Å². The van der Waals surface area contributed by atoms with Crippen molar-refractivity contribution in [3.8, 4) is 44.5 Å². The van der Waals surface area contributed by atoms with E-state index in [0.29, 0.717) is 0 Å². The van der Waals surface area contributed by atoms with Crippen molar-refractivity contribution < 1.29 is 0 Å².